The number of halogens is 2. The van der Waals surface area contributed by atoms with E-state index in [-0.39, 0.29) is 17.7 Å². The van der Waals surface area contributed by atoms with Crippen molar-refractivity contribution < 1.29 is 24.1 Å². The Labute approximate surface area is 298 Å². The summed E-state index contributed by atoms with van der Waals surface area (Å²) in [5.41, 5.74) is 2.79. The van der Waals surface area contributed by atoms with Gasteiger partial charge in [-0.25, -0.2) is 9.78 Å². The Balaban J connectivity index is 1.28. The van der Waals surface area contributed by atoms with E-state index in [1.165, 1.54) is 6.33 Å². The molecule has 2 N–H and O–H groups in total. The molecule has 4 atom stereocenters. The summed E-state index contributed by atoms with van der Waals surface area (Å²) >= 11 is 13.8. The SMILES string of the molecule is COc1ccc(C(Nc2nc(Cl)c3ncn([C@@H]4O[C@H](COC(=O)c5ccccc5)[C@@H](O)[C@@]4(C)Cl)c3n2)(c2ccccc2)c2ccccc2)cc1. The minimum Gasteiger partial charge on any atom is -0.497 e. The molecule has 1 saturated heterocycles. The number of hydrogen-bond acceptors (Lipinski definition) is 9. The summed E-state index contributed by atoms with van der Waals surface area (Å²) in [6, 6.07) is 36.3. The van der Waals surface area contributed by atoms with Crippen molar-refractivity contribution in [3.63, 3.8) is 0 Å². The summed E-state index contributed by atoms with van der Waals surface area (Å²) < 4.78 is 18.8. The third kappa shape index (κ3) is 6.05. The van der Waals surface area contributed by atoms with Crippen LogP contribution in [0.1, 0.15) is 40.2 Å². The number of esters is 1. The van der Waals surface area contributed by atoms with Crippen LogP contribution in [-0.2, 0) is 15.0 Å². The second-order valence-electron chi connectivity index (χ2n) is 12.1. The largest absolute Gasteiger partial charge is 0.497 e. The lowest BCUT2D eigenvalue weighted by molar-refractivity contribution is -0.0515. The van der Waals surface area contributed by atoms with Crippen LogP contribution in [-0.4, -0.2) is 61.4 Å². The normalized spacial score (nSPS) is 20.5. The van der Waals surface area contributed by atoms with Crippen molar-refractivity contribution in [1.29, 1.82) is 0 Å². The van der Waals surface area contributed by atoms with Gasteiger partial charge in [0.15, 0.2) is 17.0 Å². The van der Waals surface area contributed by atoms with Crippen LogP contribution in [0, 0.1) is 0 Å². The third-order valence-corrected chi connectivity index (χ3v) is 9.65. The first-order chi connectivity index (χ1) is 24.2. The lowest BCUT2D eigenvalue weighted by atomic mass is 9.77. The summed E-state index contributed by atoms with van der Waals surface area (Å²) in [6.07, 6.45) is -1.60. The van der Waals surface area contributed by atoms with E-state index in [1.807, 2.05) is 84.9 Å². The molecule has 1 aliphatic rings. The van der Waals surface area contributed by atoms with Crippen molar-refractivity contribution in [3.05, 3.63) is 149 Å². The highest BCUT2D eigenvalue weighted by atomic mass is 35.5. The Kier molecular flexibility index (Phi) is 9.19. The quantitative estimate of drug-likeness (QED) is 0.0670. The molecule has 0 bridgehead atoms. The number of imidazole rings is 1. The number of nitrogens with zero attached hydrogens (tertiary/aromatic N) is 4. The number of aromatic nitrogens is 4. The Morgan fingerprint density at radius 3 is 2.10 bits per heavy atom. The van der Waals surface area contributed by atoms with E-state index < -0.39 is 34.8 Å². The van der Waals surface area contributed by atoms with Crippen LogP contribution in [0.15, 0.2) is 122 Å². The zero-order valence-electron chi connectivity index (χ0n) is 27.1. The van der Waals surface area contributed by atoms with Crippen molar-refractivity contribution in [3.8, 4) is 5.75 Å². The molecule has 0 spiro atoms. The van der Waals surface area contributed by atoms with Crippen molar-refractivity contribution in [1.82, 2.24) is 19.5 Å². The van der Waals surface area contributed by atoms with Gasteiger partial charge in [-0.3, -0.25) is 4.57 Å². The first-order valence-corrected chi connectivity index (χ1v) is 16.7. The molecular formula is C38H33Cl2N5O5. The maximum Gasteiger partial charge on any atom is 0.338 e. The molecule has 1 fully saturated rings. The van der Waals surface area contributed by atoms with E-state index in [1.54, 1.807) is 48.9 Å². The van der Waals surface area contributed by atoms with E-state index in [0.717, 1.165) is 16.7 Å². The number of rotatable bonds is 10. The number of hydrogen-bond donors (Lipinski definition) is 2. The van der Waals surface area contributed by atoms with Gasteiger partial charge in [-0.15, -0.1) is 11.6 Å². The molecule has 6 aromatic rings. The van der Waals surface area contributed by atoms with Crippen LogP contribution in [0.2, 0.25) is 5.15 Å². The fraction of sp³-hybridized carbons (Fsp3) is 0.211. The number of carbonyl (C=O) groups is 1. The topological polar surface area (TPSA) is 121 Å². The zero-order valence-corrected chi connectivity index (χ0v) is 28.6. The molecule has 254 valence electrons. The minimum absolute atomic E-state index is 0.101. The number of carbonyl (C=O) groups excluding carboxylic acids is 1. The molecule has 10 nitrogen and oxygen atoms in total. The standard InChI is InChI=1S/C38H33Cl2N5O5/c1-37(40)31(46)29(22-49-34(47)24-12-6-3-7-13-24)50-35(37)45-23-41-30-32(39)42-36(43-33(30)45)44-38(25-14-8-4-9-15-25,26-16-10-5-11-17-26)27-18-20-28(48-2)21-19-27/h3-21,23,29,31,35,46H,22H2,1-2H3,(H,42,43,44)/t29-,31-,35-,37-/m1/s1. The zero-order chi connectivity index (χ0) is 34.9. The molecule has 7 rings (SSSR count). The average molecular weight is 711 g/mol. The van der Waals surface area contributed by atoms with Crippen LogP contribution >= 0.6 is 23.2 Å². The molecule has 0 amide bonds. The first kappa shape index (κ1) is 33.5. The summed E-state index contributed by atoms with van der Waals surface area (Å²) in [7, 11) is 1.63. The second kappa shape index (κ2) is 13.7. The maximum atomic E-state index is 12.6. The van der Waals surface area contributed by atoms with Crippen LogP contribution < -0.4 is 10.1 Å². The van der Waals surface area contributed by atoms with Gasteiger partial charge >= 0.3 is 5.97 Å². The minimum atomic E-state index is -1.36. The van der Waals surface area contributed by atoms with E-state index in [2.05, 4.69) is 15.3 Å². The highest BCUT2D eigenvalue weighted by Gasteiger charge is 2.54. The van der Waals surface area contributed by atoms with Gasteiger partial charge in [0.2, 0.25) is 5.95 Å². The number of methoxy groups -OCH3 is 1. The molecule has 0 aliphatic carbocycles. The van der Waals surface area contributed by atoms with Gasteiger partial charge in [0.1, 0.15) is 40.5 Å². The fourth-order valence-corrected chi connectivity index (χ4v) is 6.89. The highest BCUT2D eigenvalue weighted by Crippen LogP contribution is 2.45. The van der Waals surface area contributed by atoms with Crippen LogP contribution in [0.25, 0.3) is 11.2 Å². The predicted molar refractivity (Wildman–Crippen MR) is 191 cm³/mol. The Hall–Kier alpha value is -5.00. The predicted octanol–water partition coefficient (Wildman–Crippen LogP) is 7.01. The lowest BCUT2D eigenvalue weighted by Crippen LogP contribution is -2.40. The molecule has 12 heteroatoms. The summed E-state index contributed by atoms with van der Waals surface area (Å²) in [5.74, 6) is 0.377. The van der Waals surface area contributed by atoms with Gasteiger partial charge in [0.05, 0.1) is 19.0 Å². The van der Waals surface area contributed by atoms with Gasteiger partial charge in [0.25, 0.3) is 0 Å². The number of aliphatic hydroxyl groups is 1. The fourth-order valence-electron chi connectivity index (χ4n) is 6.38. The van der Waals surface area contributed by atoms with E-state index in [4.69, 9.17) is 42.4 Å². The molecule has 1 aliphatic heterocycles. The van der Waals surface area contributed by atoms with Gasteiger partial charge in [-0.2, -0.15) is 9.97 Å². The van der Waals surface area contributed by atoms with Crippen molar-refractivity contribution in [2.24, 2.45) is 0 Å². The number of benzene rings is 4. The van der Waals surface area contributed by atoms with E-state index >= 15 is 0 Å². The number of alkyl halides is 1. The molecule has 0 unspecified atom stereocenters. The summed E-state index contributed by atoms with van der Waals surface area (Å²) in [5, 5.41) is 15.0. The molecule has 0 saturated carbocycles. The van der Waals surface area contributed by atoms with Crippen molar-refractivity contribution >= 4 is 46.3 Å². The summed E-state index contributed by atoms with van der Waals surface area (Å²) in [6.45, 7) is 1.43. The average Bonchev–Trinajstić information content (AvgIpc) is 3.67. The Morgan fingerprint density at radius 1 is 0.920 bits per heavy atom. The summed E-state index contributed by atoms with van der Waals surface area (Å²) in [4.78, 5) is 25.3. The molecule has 0 radical (unpaired) electrons. The molecule has 4 aromatic carbocycles. The Bertz CT molecular complexity index is 2060. The number of anilines is 1. The highest BCUT2D eigenvalue weighted by molar-refractivity contribution is 6.33. The third-order valence-electron chi connectivity index (χ3n) is 8.97. The number of nitrogens with one attached hydrogen (secondary N) is 1. The molecule has 3 heterocycles. The Morgan fingerprint density at radius 2 is 1.50 bits per heavy atom. The number of fused-ring (bicyclic) bond motifs is 1. The lowest BCUT2D eigenvalue weighted by Gasteiger charge is -2.37. The molecule has 2 aromatic heterocycles. The molecule has 50 heavy (non-hydrogen) atoms. The first-order valence-electron chi connectivity index (χ1n) is 15.9. The van der Waals surface area contributed by atoms with Crippen LogP contribution in [0.3, 0.4) is 0 Å². The molecular weight excluding hydrogens is 677 g/mol. The van der Waals surface area contributed by atoms with Crippen LogP contribution in [0.5, 0.6) is 5.75 Å². The number of aliphatic hydroxyl groups excluding tert-OH is 1. The van der Waals surface area contributed by atoms with Crippen LogP contribution in [0.4, 0.5) is 5.95 Å². The van der Waals surface area contributed by atoms with E-state index in [9.17, 15) is 9.90 Å². The van der Waals surface area contributed by atoms with Gasteiger partial charge in [-0.1, -0.05) is 103 Å². The smallest absolute Gasteiger partial charge is 0.338 e. The van der Waals surface area contributed by atoms with Crippen molar-refractivity contribution in [2.75, 3.05) is 19.0 Å². The van der Waals surface area contributed by atoms with Gasteiger partial charge in [-0.05, 0) is 47.9 Å². The van der Waals surface area contributed by atoms with Gasteiger partial charge in [0, 0.05) is 0 Å². The van der Waals surface area contributed by atoms with E-state index in [0.29, 0.717) is 22.5 Å². The number of ether oxygens (including phenoxy) is 3. The van der Waals surface area contributed by atoms with Gasteiger partial charge < -0.3 is 24.6 Å². The van der Waals surface area contributed by atoms with Crippen molar-refractivity contribution in [2.45, 2.75) is 35.8 Å². The maximum absolute atomic E-state index is 12.6. The monoisotopic (exact) mass is 709 g/mol. The second-order valence-corrected chi connectivity index (χ2v) is 13.3.